The Hall–Kier alpha value is -3.74. The van der Waals surface area contributed by atoms with Gasteiger partial charge < -0.3 is 14.4 Å². The van der Waals surface area contributed by atoms with E-state index in [2.05, 4.69) is 22.1 Å². The number of benzene rings is 2. The zero-order valence-electron chi connectivity index (χ0n) is 19.4. The van der Waals surface area contributed by atoms with Gasteiger partial charge in [0.25, 0.3) is 5.91 Å². The fourth-order valence-corrected chi connectivity index (χ4v) is 4.07. The number of rotatable bonds is 7. The first-order chi connectivity index (χ1) is 15.9. The molecule has 2 aromatic carbocycles. The number of carbonyl (C=O) groups excluding carboxylic acids is 1. The van der Waals surface area contributed by atoms with Gasteiger partial charge in [0.05, 0.1) is 23.7 Å². The average Bonchev–Trinajstić information content (AvgIpc) is 3.06. The number of unbranched alkanes of at least 4 members (excludes halogenated alkanes) is 2. The van der Waals surface area contributed by atoms with Crippen molar-refractivity contribution in [1.82, 2.24) is 9.55 Å². The van der Waals surface area contributed by atoms with E-state index < -0.39 is 5.91 Å². The second-order valence-electron chi connectivity index (χ2n) is 8.25. The summed E-state index contributed by atoms with van der Waals surface area (Å²) in [6.07, 6.45) is 3.10. The van der Waals surface area contributed by atoms with Gasteiger partial charge in [-0.1, -0.05) is 31.4 Å². The third kappa shape index (κ3) is 4.44. The van der Waals surface area contributed by atoms with Crippen LogP contribution in [0.15, 0.2) is 52.7 Å². The molecule has 7 nitrogen and oxygen atoms in total. The summed E-state index contributed by atoms with van der Waals surface area (Å²) in [7, 11) is 1.57. The highest BCUT2D eigenvalue weighted by Crippen LogP contribution is 2.40. The number of aryl methyl sites for hydroxylation is 3. The molecule has 1 amide bonds. The molecule has 4 aromatic rings. The molecule has 0 unspecified atom stereocenters. The van der Waals surface area contributed by atoms with Crippen LogP contribution in [-0.2, 0) is 6.54 Å². The minimum Gasteiger partial charge on any atom is -0.497 e. The van der Waals surface area contributed by atoms with Gasteiger partial charge in [0.15, 0.2) is 5.69 Å². The van der Waals surface area contributed by atoms with E-state index in [-0.39, 0.29) is 5.88 Å². The van der Waals surface area contributed by atoms with Gasteiger partial charge in [-0.05, 0) is 56.7 Å². The predicted octanol–water partition coefficient (Wildman–Crippen LogP) is 6.63. The van der Waals surface area contributed by atoms with Crippen LogP contribution in [0.25, 0.3) is 21.8 Å². The van der Waals surface area contributed by atoms with Crippen LogP contribution in [-0.4, -0.2) is 27.7 Å². The molecule has 4 rings (SSSR count). The highest BCUT2D eigenvalue weighted by atomic mass is 16.5. The fraction of sp³-hybridized carbons (Fsp3) is 0.308. The molecule has 0 aliphatic carbocycles. The van der Waals surface area contributed by atoms with Gasteiger partial charge in [0.2, 0.25) is 5.88 Å². The lowest BCUT2D eigenvalue weighted by molar-refractivity contribution is 0.0996. The number of pyridine rings is 1. The molecule has 0 aliphatic rings. The Bertz CT molecular complexity index is 1370. The van der Waals surface area contributed by atoms with Gasteiger partial charge in [-0.3, -0.25) is 9.78 Å². The number of hydrogen-bond donors (Lipinski definition) is 1. The van der Waals surface area contributed by atoms with Crippen LogP contribution >= 0.6 is 0 Å². The standard InChI is InChI=1S/C26H28N4O3/c1-5-6-7-12-30-23-11-8-16(2)13-21(23)24(26(30)32)28-29-25(31)20-14-17(3)27-22-10-9-18(33-4)15-19(20)22/h8-11,13-15,32H,5-7,12H2,1-4H3. The van der Waals surface area contributed by atoms with Crippen molar-refractivity contribution in [3.05, 3.63) is 59.3 Å². The number of amides is 1. The Labute approximate surface area is 192 Å². The lowest BCUT2D eigenvalue weighted by Gasteiger charge is -2.07. The van der Waals surface area contributed by atoms with Gasteiger partial charge in [0.1, 0.15) is 5.75 Å². The van der Waals surface area contributed by atoms with E-state index in [9.17, 15) is 9.90 Å². The second kappa shape index (κ2) is 9.40. The third-order valence-electron chi connectivity index (χ3n) is 5.77. The molecule has 0 saturated carbocycles. The van der Waals surface area contributed by atoms with Crippen LogP contribution < -0.4 is 4.74 Å². The van der Waals surface area contributed by atoms with Crippen molar-refractivity contribution in [3.63, 3.8) is 0 Å². The van der Waals surface area contributed by atoms with E-state index in [1.165, 1.54) is 0 Å². The molecule has 1 N–H and O–H groups in total. The molecule has 0 fully saturated rings. The lowest BCUT2D eigenvalue weighted by atomic mass is 10.1. The monoisotopic (exact) mass is 444 g/mol. The molecule has 0 aliphatic heterocycles. The minimum absolute atomic E-state index is 0.0284. The number of aromatic hydroxyl groups is 1. The summed E-state index contributed by atoms with van der Waals surface area (Å²) >= 11 is 0. The SMILES string of the molecule is CCCCCn1c(O)c(N=NC(=O)c2cc(C)nc3ccc(OC)cc23)c2cc(C)ccc21. The summed E-state index contributed by atoms with van der Waals surface area (Å²) in [4.78, 5) is 17.6. The van der Waals surface area contributed by atoms with Crippen LogP contribution in [0.2, 0.25) is 0 Å². The summed E-state index contributed by atoms with van der Waals surface area (Å²) in [5.74, 6) is 0.154. The Balaban J connectivity index is 1.77. The van der Waals surface area contributed by atoms with Crippen molar-refractivity contribution < 1.29 is 14.6 Å². The molecule has 0 radical (unpaired) electrons. The van der Waals surface area contributed by atoms with Gasteiger partial charge in [0, 0.05) is 23.0 Å². The maximum atomic E-state index is 13.1. The Morgan fingerprint density at radius 2 is 1.91 bits per heavy atom. The highest BCUT2D eigenvalue weighted by molar-refractivity contribution is 6.07. The molecule has 7 heteroatoms. The average molecular weight is 445 g/mol. The highest BCUT2D eigenvalue weighted by Gasteiger charge is 2.18. The number of hydrogen-bond acceptors (Lipinski definition) is 5. The van der Waals surface area contributed by atoms with Crippen molar-refractivity contribution in [3.8, 4) is 11.6 Å². The number of ether oxygens (including phenoxy) is 1. The number of aromatic nitrogens is 2. The molecule has 170 valence electrons. The molecule has 0 spiro atoms. The first-order valence-electron chi connectivity index (χ1n) is 11.2. The van der Waals surface area contributed by atoms with Gasteiger partial charge in [-0.15, -0.1) is 10.2 Å². The molecule has 2 aromatic heterocycles. The van der Waals surface area contributed by atoms with Crippen LogP contribution in [0.4, 0.5) is 5.69 Å². The van der Waals surface area contributed by atoms with Crippen LogP contribution in [0.3, 0.4) is 0 Å². The van der Waals surface area contributed by atoms with Gasteiger partial charge in [-0.2, -0.15) is 0 Å². The Kier molecular flexibility index (Phi) is 6.40. The molecule has 33 heavy (non-hydrogen) atoms. The first kappa shape index (κ1) is 22.5. The summed E-state index contributed by atoms with van der Waals surface area (Å²) in [5, 5.41) is 20.6. The Morgan fingerprint density at radius 1 is 1.09 bits per heavy atom. The van der Waals surface area contributed by atoms with Crippen molar-refractivity contribution in [1.29, 1.82) is 0 Å². The summed E-state index contributed by atoms with van der Waals surface area (Å²) in [6, 6.07) is 13.0. The topological polar surface area (TPSA) is 89.1 Å². The number of fused-ring (bicyclic) bond motifs is 2. The summed E-state index contributed by atoms with van der Waals surface area (Å²) < 4.78 is 7.15. The molecule has 0 atom stereocenters. The number of methoxy groups -OCH3 is 1. The number of azo groups is 1. The van der Waals surface area contributed by atoms with E-state index >= 15 is 0 Å². The number of carbonyl (C=O) groups is 1. The van der Waals surface area contributed by atoms with Crippen molar-refractivity contribution >= 4 is 33.4 Å². The molecular formula is C26H28N4O3. The molecule has 0 bridgehead atoms. The smallest absolute Gasteiger partial charge is 0.296 e. The first-order valence-corrected chi connectivity index (χ1v) is 11.2. The van der Waals surface area contributed by atoms with Crippen molar-refractivity contribution in [2.45, 2.75) is 46.6 Å². The van der Waals surface area contributed by atoms with Crippen LogP contribution in [0.5, 0.6) is 11.6 Å². The molecule has 2 heterocycles. The van der Waals surface area contributed by atoms with Gasteiger partial charge >= 0.3 is 0 Å². The number of nitrogens with zero attached hydrogens (tertiary/aromatic N) is 4. The van der Waals surface area contributed by atoms with E-state index in [1.54, 1.807) is 25.3 Å². The third-order valence-corrected chi connectivity index (χ3v) is 5.77. The maximum Gasteiger partial charge on any atom is 0.296 e. The lowest BCUT2D eigenvalue weighted by Crippen LogP contribution is -1.99. The second-order valence-corrected chi connectivity index (χ2v) is 8.25. The molecule has 0 saturated heterocycles. The van der Waals surface area contributed by atoms with Crippen LogP contribution in [0, 0.1) is 13.8 Å². The van der Waals surface area contributed by atoms with Crippen molar-refractivity contribution in [2.75, 3.05) is 7.11 Å². The van der Waals surface area contributed by atoms with E-state index in [0.29, 0.717) is 40.1 Å². The largest absolute Gasteiger partial charge is 0.497 e. The van der Waals surface area contributed by atoms with E-state index in [4.69, 9.17) is 4.74 Å². The van der Waals surface area contributed by atoms with Crippen LogP contribution in [0.1, 0.15) is 47.8 Å². The maximum absolute atomic E-state index is 13.1. The zero-order chi connectivity index (χ0) is 23.5. The molecular weight excluding hydrogens is 416 g/mol. The van der Waals surface area contributed by atoms with Crippen molar-refractivity contribution in [2.24, 2.45) is 10.2 Å². The normalized spacial score (nSPS) is 11.6. The minimum atomic E-state index is -0.502. The summed E-state index contributed by atoms with van der Waals surface area (Å²) in [6.45, 7) is 6.63. The van der Waals surface area contributed by atoms with E-state index in [0.717, 1.165) is 35.7 Å². The Morgan fingerprint density at radius 3 is 2.67 bits per heavy atom. The quantitative estimate of drug-likeness (QED) is 0.256. The summed E-state index contributed by atoms with van der Waals surface area (Å²) in [5.41, 5.74) is 4.01. The predicted molar refractivity (Wildman–Crippen MR) is 130 cm³/mol. The van der Waals surface area contributed by atoms with Gasteiger partial charge in [-0.25, -0.2) is 0 Å². The fourth-order valence-electron chi connectivity index (χ4n) is 4.07. The van der Waals surface area contributed by atoms with E-state index in [1.807, 2.05) is 42.7 Å². The zero-order valence-corrected chi connectivity index (χ0v) is 19.4.